The average Bonchev–Trinajstić information content (AvgIpc) is 0.722. The molecule has 0 radical (unpaired) electrons. The fourth-order valence-corrected chi connectivity index (χ4v) is 0. The number of hydrogen-bond donors (Lipinski definition) is 3. The summed E-state index contributed by atoms with van der Waals surface area (Å²) in [6.07, 6.45) is 0. The molecule has 3 N–H and O–H groups in total. The van der Waals surface area contributed by atoms with Crippen LogP contribution in [-0.2, 0) is 4.57 Å². The summed E-state index contributed by atoms with van der Waals surface area (Å²) < 4.78 is 8.88. The Hall–Kier alpha value is 2.63. The van der Waals surface area contributed by atoms with E-state index in [1.165, 1.54) is 0 Å². The molecule has 0 aliphatic carbocycles. The van der Waals surface area contributed by atoms with E-state index in [0.29, 0.717) is 0 Å². The molecule has 0 fully saturated rings. The summed E-state index contributed by atoms with van der Waals surface area (Å²) in [5, 5.41) is 0. The van der Waals surface area contributed by atoms with Crippen molar-refractivity contribution in [3.8, 4) is 0 Å². The average molecular weight is 180 g/mol. The van der Waals surface area contributed by atoms with Crippen LogP contribution in [0, 0.1) is 37.7 Å². The molecular formula is H5ArCaO4P. The third-order valence-electron chi connectivity index (χ3n) is 0. The van der Waals surface area contributed by atoms with Gasteiger partial charge in [0.05, 0.1) is 0 Å². The summed E-state index contributed by atoms with van der Waals surface area (Å²) in [4.78, 5) is 21.6. The molecule has 0 saturated carbocycles. The van der Waals surface area contributed by atoms with Crippen molar-refractivity contribution in [2.75, 3.05) is 0 Å². The van der Waals surface area contributed by atoms with Crippen LogP contribution in [0.3, 0.4) is 0 Å². The van der Waals surface area contributed by atoms with Crippen LogP contribution in [0.15, 0.2) is 0 Å². The molecule has 0 spiro atoms. The van der Waals surface area contributed by atoms with Gasteiger partial charge in [0, 0.05) is 37.7 Å². The third-order valence-corrected chi connectivity index (χ3v) is 0. The predicted octanol–water partition coefficient (Wildman–Crippen LogP) is -1.08. The first kappa shape index (κ1) is 16.3. The van der Waals surface area contributed by atoms with E-state index in [-0.39, 0.29) is 78.3 Å². The Morgan fingerprint density at radius 3 is 1.29 bits per heavy atom. The quantitative estimate of drug-likeness (QED) is 0.327. The summed E-state index contributed by atoms with van der Waals surface area (Å²) in [6, 6.07) is 0. The topological polar surface area (TPSA) is 77.8 Å². The Kier molecular flexibility index (Phi) is 15.7. The van der Waals surface area contributed by atoms with Crippen molar-refractivity contribution in [1.29, 1.82) is 0 Å². The minimum Gasteiger partial charge on any atom is -1.00 e. The Morgan fingerprint density at radius 2 is 1.29 bits per heavy atom. The first-order chi connectivity index (χ1) is 2.00. The molecule has 44 valence electrons. The van der Waals surface area contributed by atoms with Gasteiger partial charge < -0.3 is 17.5 Å². The van der Waals surface area contributed by atoms with Gasteiger partial charge in [0.2, 0.25) is 0 Å². The minimum atomic E-state index is -4.64. The van der Waals surface area contributed by atoms with Gasteiger partial charge >= 0.3 is 45.6 Å². The Balaban J connectivity index is -0.0000000133. The smallest absolute Gasteiger partial charge is 1.00 e. The van der Waals surface area contributed by atoms with Crippen LogP contribution in [0.5, 0.6) is 0 Å². The Bertz CT molecular complexity index is 64.7. The molecule has 0 bridgehead atoms. The second-order valence-electron chi connectivity index (χ2n) is 0.513. The maximum absolute atomic E-state index is 8.88. The van der Waals surface area contributed by atoms with E-state index in [2.05, 4.69) is 0 Å². The van der Waals surface area contributed by atoms with Crippen molar-refractivity contribution in [2.45, 2.75) is 0 Å². The molecule has 0 rings (SSSR count). The van der Waals surface area contributed by atoms with Crippen molar-refractivity contribution in [1.82, 2.24) is 0 Å². The molecule has 0 aliphatic heterocycles. The molecule has 0 aromatic rings. The molecule has 0 aromatic heterocycles. The first-order valence-corrected chi connectivity index (χ1v) is 2.35. The van der Waals surface area contributed by atoms with E-state index < -0.39 is 7.82 Å². The normalized spacial score (nSPS) is 8.43. The second-order valence-corrected chi connectivity index (χ2v) is 1.54. The zero-order valence-corrected chi connectivity index (χ0v) is 7.07. The summed E-state index contributed by atoms with van der Waals surface area (Å²) >= 11 is 0. The Morgan fingerprint density at radius 1 is 1.29 bits per heavy atom. The van der Waals surface area contributed by atoms with Gasteiger partial charge in [0.25, 0.3) is 0 Å². The van der Waals surface area contributed by atoms with Crippen LogP contribution in [0.2, 0.25) is 0 Å². The van der Waals surface area contributed by atoms with E-state index in [9.17, 15) is 0 Å². The monoisotopic (exact) mass is 180 g/mol. The van der Waals surface area contributed by atoms with Crippen molar-refractivity contribution < 1.29 is 59.8 Å². The van der Waals surface area contributed by atoms with Gasteiger partial charge in [-0.15, -0.1) is 0 Å². The van der Waals surface area contributed by atoms with Crippen molar-refractivity contribution in [2.24, 2.45) is 0 Å². The fourth-order valence-electron chi connectivity index (χ4n) is 0. The summed E-state index contributed by atoms with van der Waals surface area (Å²) in [7, 11) is -4.64. The van der Waals surface area contributed by atoms with Gasteiger partial charge in [-0.25, -0.2) is 4.57 Å². The standard InChI is InChI=1S/Ar.Ca.H3O4P.2H/c;;1-5(2,3)4;;/h;;(H3,1,2,3,4);;/q;+2;;2*-1. The maximum atomic E-state index is 8.88. The van der Waals surface area contributed by atoms with Crippen molar-refractivity contribution in [3.05, 3.63) is 0 Å². The van der Waals surface area contributed by atoms with Gasteiger partial charge in [-0.2, -0.15) is 0 Å². The van der Waals surface area contributed by atoms with Crippen LogP contribution >= 0.6 is 7.82 Å². The van der Waals surface area contributed by atoms with Gasteiger partial charge in [0.15, 0.2) is 0 Å². The molecule has 4 nitrogen and oxygen atoms in total. The maximum Gasteiger partial charge on any atom is 2.00 e. The molecule has 0 amide bonds. The molecule has 7 heavy (non-hydrogen) atoms. The van der Waals surface area contributed by atoms with Crippen molar-refractivity contribution in [3.63, 3.8) is 0 Å². The Labute approximate surface area is 104 Å². The predicted molar refractivity (Wildman–Crippen MR) is 22.2 cm³/mol. The van der Waals surface area contributed by atoms with Crippen LogP contribution in [0.25, 0.3) is 0 Å². The van der Waals surface area contributed by atoms with Gasteiger partial charge in [-0.1, -0.05) is 0 Å². The molecule has 0 aliphatic rings. The minimum absolute atomic E-state index is 0. The fraction of sp³-hybridized carbons (Fsp3) is 0. The number of phosphoric acid groups is 1. The molecule has 0 unspecified atom stereocenters. The molecular weight excluding hydrogens is 175 g/mol. The summed E-state index contributed by atoms with van der Waals surface area (Å²) in [5.74, 6) is 0. The van der Waals surface area contributed by atoms with E-state index >= 15 is 0 Å². The zero-order valence-electron chi connectivity index (χ0n) is 5.26. The SMILES string of the molecule is O=P(O)(O)O.[Ar].[Ca+2].[H-].[H-]. The van der Waals surface area contributed by atoms with Crippen molar-refractivity contribution >= 4 is 45.6 Å². The third kappa shape index (κ3) is 54.9. The second kappa shape index (κ2) is 6.75. The number of hydrogen-bond acceptors (Lipinski definition) is 1. The zero-order chi connectivity index (χ0) is 4.50. The van der Waals surface area contributed by atoms with E-state index in [4.69, 9.17) is 19.2 Å². The van der Waals surface area contributed by atoms with Gasteiger partial charge in [-0.3, -0.25) is 0 Å². The van der Waals surface area contributed by atoms with E-state index in [1.54, 1.807) is 0 Å². The van der Waals surface area contributed by atoms with Crippen LogP contribution in [0.1, 0.15) is 2.85 Å². The molecule has 7 heteroatoms. The molecule has 0 heterocycles. The van der Waals surface area contributed by atoms with Crippen LogP contribution in [-0.4, -0.2) is 52.4 Å². The van der Waals surface area contributed by atoms with Crippen LogP contribution < -0.4 is 0 Å². The summed E-state index contributed by atoms with van der Waals surface area (Å²) in [5.41, 5.74) is 0. The number of rotatable bonds is 0. The molecule has 0 aromatic carbocycles. The van der Waals surface area contributed by atoms with E-state index in [0.717, 1.165) is 0 Å². The molecule has 0 saturated heterocycles. The summed E-state index contributed by atoms with van der Waals surface area (Å²) in [6.45, 7) is 0. The molecule has 0 atom stereocenters. The van der Waals surface area contributed by atoms with E-state index in [1.807, 2.05) is 0 Å². The van der Waals surface area contributed by atoms with Crippen LogP contribution in [0.4, 0.5) is 0 Å². The van der Waals surface area contributed by atoms with Gasteiger partial charge in [-0.05, 0) is 0 Å². The first-order valence-electron chi connectivity index (χ1n) is 0.783. The van der Waals surface area contributed by atoms with Gasteiger partial charge in [0.1, 0.15) is 0 Å². The largest absolute Gasteiger partial charge is 2.00 e.